The molecule has 1 unspecified atom stereocenters. The number of aromatic nitrogens is 3. The van der Waals surface area contributed by atoms with Crippen molar-refractivity contribution in [2.24, 2.45) is 5.92 Å². The number of nitrogens with one attached hydrogen (secondary N) is 1. The minimum atomic E-state index is 0.734. The minimum absolute atomic E-state index is 0.734. The maximum Gasteiger partial charge on any atom is 0.134 e. The summed E-state index contributed by atoms with van der Waals surface area (Å²) in [7, 11) is 0. The zero-order valence-corrected chi connectivity index (χ0v) is 13.3. The lowest BCUT2D eigenvalue weighted by Crippen LogP contribution is -2.35. The van der Waals surface area contributed by atoms with Crippen molar-refractivity contribution in [3.05, 3.63) is 42.0 Å². The van der Waals surface area contributed by atoms with Crippen molar-refractivity contribution in [3.63, 3.8) is 0 Å². The summed E-state index contributed by atoms with van der Waals surface area (Å²) in [6.07, 6.45) is 6.17. The fraction of sp³-hybridized carbons (Fsp3) is 0.471. The fourth-order valence-corrected chi connectivity index (χ4v) is 2.90. The summed E-state index contributed by atoms with van der Waals surface area (Å²) in [6.45, 7) is 7.18. The SMILES string of the molecule is Cc1nc(NCc2ccncc2)cc(N2CCCC(C)C2)n1. The van der Waals surface area contributed by atoms with Crippen LogP contribution in [0.3, 0.4) is 0 Å². The monoisotopic (exact) mass is 297 g/mol. The van der Waals surface area contributed by atoms with Gasteiger partial charge in [-0.3, -0.25) is 4.98 Å². The van der Waals surface area contributed by atoms with Crippen LogP contribution in [-0.4, -0.2) is 28.0 Å². The second kappa shape index (κ2) is 6.73. The summed E-state index contributed by atoms with van der Waals surface area (Å²) < 4.78 is 0. The molecule has 0 aromatic carbocycles. The number of hydrogen-bond donors (Lipinski definition) is 1. The van der Waals surface area contributed by atoms with E-state index in [0.29, 0.717) is 0 Å². The number of nitrogens with zero attached hydrogens (tertiary/aromatic N) is 4. The molecular weight excluding hydrogens is 274 g/mol. The van der Waals surface area contributed by atoms with Crippen LogP contribution >= 0.6 is 0 Å². The van der Waals surface area contributed by atoms with Crippen molar-refractivity contribution in [2.45, 2.75) is 33.2 Å². The van der Waals surface area contributed by atoms with E-state index in [2.05, 4.69) is 38.2 Å². The average molecular weight is 297 g/mol. The quantitative estimate of drug-likeness (QED) is 0.940. The normalized spacial score (nSPS) is 18.3. The first-order valence-corrected chi connectivity index (χ1v) is 7.94. The number of pyridine rings is 1. The van der Waals surface area contributed by atoms with Gasteiger partial charge in [0.15, 0.2) is 0 Å². The highest BCUT2D eigenvalue weighted by atomic mass is 15.2. The van der Waals surface area contributed by atoms with Gasteiger partial charge >= 0.3 is 0 Å². The molecule has 5 nitrogen and oxygen atoms in total. The molecule has 1 aliphatic rings. The van der Waals surface area contributed by atoms with Crippen LogP contribution in [0.2, 0.25) is 0 Å². The standard InChI is InChI=1S/C17H23N5/c1-13-4-3-9-22(12-13)17-10-16(20-14(2)21-17)19-11-15-5-7-18-8-6-15/h5-8,10,13H,3-4,9,11-12H2,1-2H3,(H,19,20,21). The summed E-state index contributed by atoms with van der Waals surface area (Å²) in [5, 5.41) is 3.39. The molecule has 3 heterocycles. The Hall–Kier alpha value is -2.17. The van der Waals surface area contributed by atoms with E-state index in [1.807, 2.05) is 31.5 Å². The predicted molar refractivity (Wildman–Crippen MR) is 88.9 cm³/mol. The van der Waals surface area contributed by atoms with Crippen LogP contribution in [0.4, 0.5) is 11.6 Å². The highest BCUT2D eigenvalue weighted by Crippen LogP contribution is 2.23. The first kappa shape index (κ1) is 14.8. The van der Waals surface area contributed by atoms with Gasteiger partial charge in [0.05, 0.1) is 0 Å². The Balaban J connectivity index is 1.72. The lowest BCUT2D eigenvalue weighted by atomic mass is 10.0. The predicted octanol–water partition coefficient (Wildman–Crippen LogP) is 3.03. The van der Waals surface area contributed by atoms with Gasteiger partial charge in [0.2, 0.25) is 0 Å². The van der Waals surface area contributed by atoms with Crippen molar-refractivity contribution in [1.82, 2.24) is 15.0 Å². The second-order valence-corrected chi connectivity index (χ2v) is 6.06. The molecule has 3 rings (SSSR count). The van der Waals surface area contributed by atoms with Crippen LogP contribution in [0, 0.1) is 12.8 Å². The van der Waals surface area contributed by atoms with E-state index < -0.39 is 0 Å². The van der Waals surface area contributed by atoms with E-state index in [1.54, 1.807) is 0 Å². The zero-order chi connectivity index (χ0) is 15.4. The fourth-order valence-electron chi connectivity index (χ4n) is 2.90. The molecule has 2 aromatic rings. The van der Waals surface area contributed by atoms with Crippen molar-refractivity contribution in [2.75, 3.05) is 23.3 Å². The van der Waals surface area contributed by atoms with Crippen LogP contribution in [0.5, 0.6) is 0 Å². The molecule has 22 heavy (non-hydrogen) atoms. The van der Waals surface area contributed by atoms with Crippen LogP contribution in [0.25, 0.3) is 0 Å². The largest absolute Gasteiger partial charge is 0.366 e. The summed E-state index contributed by atoms with van der Waals surface area (Å²) in [5.41, 5.74) is 1.19. The number of anilines is 2. The van der Waals surface area contributed by atoms with Gasteiger partial charge in [-0.25, -0.2) is 9.97 Å². The Bertz CT molecular complexity index is 614. The van der Waals surface area contributed by atoms with Crippen LogP contribution < -0.4 is 10.2 Å². The molecule has 0 saturated carbocycles. The highest BCUT2D eigenvalue weighted by Gasteiger charge is 2.18. The van der Waals surface area contributed by atoms with E-state index >= 15 is 0 Å². The van der Waals surface area contributed by atoms with Gasteiger partial charge in [-0.1, -0.05) is 6.92 Å². The molecule has 1 saturated heterocycles. The van der Waals surface area contributed by atoms with Gasteiger partial charge in [-0.2, -0.15) is 0 Å². The number of rotatable bonds is 4. The maximum atomic E-state index is 4.61. The molecule has 1 fully saturated rings. The van der Waals surface area contributed by atoms with Crippen molar-refractivity contribution < 1.29 is 0 Å². The Morgan fingerprint density at radius 2 is 2.09 bits per heavy atom. The minimum Gasteiger partial charge on any atom is -0.366 e. The number of hydrogen-bond acceptors (Lipinski definition) is 5. The summed E-state index contributed by atoms with van der Waals surface area (Å²) in [5.74, 6) is 3.47. The van der Waals surface area contributed by atoms with Gasteiger partial charge in [-0.05, 0) is 43.4 Å². The van der Waals surface area contributed by atoms with Crippen molar-refractivity contribution in [1.29, 1.82) is 0 Å². The first-order chi connectivity index (χ1) is 10.7. The Morgan fingerprint density at radius 1 is 1.27 bits per heavy atom. The number of aryl methyl sites for hydroxylation is 1. The molecule has 116 valence electrons. The first-order valence-electron chi connectivity index (χ1n) is 7.94. The van der Waals surface area contributed by atoms with E-state index in [0.717, 1.165) is 43.0 Å². The molecule has 1 atom stereocenters. The van der Waals surface area contributed by atoms with Crippen LogP contribution in [-0.2, 0) is 6.54 Å². The van der Waals surface area contributed by atoms with E-state index in [4.69, 9.17) is 0 Å². The van der Waals surface area contributed by atoms with Gasteiger partial charge in [0.1, 0.15) is 17.5 Å². The maximum absolute atomic E-state index is 4.61. The molecule has 0 aliphatic carbocycles. The zero-order valence-electron chi connectivity index (χ0n) is 13.3. The van der Waals surface area contributed by atoms with Crippen LogP contribution in [0.15, 0.2) is 30.6 Å². The third kappa shape index (κ3) is 3.72. The smallest absolute Gasteiger partial charge is 0.134 e. The molecular formula is C17H23N5. The highest BCUT2D eigenvalue weighted by molar-refractivity contribution is 5.50. The molecule has 0 radical (unpaired) electrons. The topological polar surface area (TPSA) is 53.9 Å². The van der Waals surface area contributed by atoms with Crippen LogP contribution in [0.1, 0.15) is 31.2 Å². The molecule has 0 amide bonds. The molecule has 2 aromatic heterocycles. The van der Waals surface area contributed by atoms with Crippen molar-refractivity contribution in [3.8, 4) is 0 Å². The van der Waals surface area contributed by atoms with Gasteiger partial charge in [0, 0.05) is 38.1 Å². The number of piperidine rings is 1. The Morgan fingerprint density at radius 3 is 2.86 bits per heavy atom. The third-order valence-electron chi connectivity index (χ3n) is 4.03. The molecule has 5 heteroatoms. The van der Waals surface area contributed by atoms with Gasteiger partial charge < -0.3 is 10.2 Å². The average Bonchev–Trinajstić information content (AvgIpc) is 2.53. The molecule has 0 spiro atoms. The van der Waals surface area contributed by atoms with Gasteiger partial charge in [0.25, 0.3) is 0 Å². The molecule has 0 bridgehead atoms. The van der Waals surface area contributed by atoms with E-state index in [9.17, 15) is 0 Å². The summed E-state index contributed by atoms with van der Waals surface area (Å²) in [6, 6.07) is 6.08. The summed E-state index contributed by atoms with van der Waals surface area (Å²) in [4.78, 5) is 15.5. The Labute approximate surface area is 131 Å². The summed E-state index contributed by atoms with van der Waals surface area (Å²) >= 11 is 0. The van der Waals surface area contributed by atoms with Crippen molar-refractivity contribution >= 4 is 11.6 Å². The Kier molecular flexibility index (Phi) is 4.51. The molecule has 1 N–H and O–H groups in total. The van der Waals surface area contributed by atoms with E-state index in [1.165, 1.54) is 18.4 Å². The lowest BCUT2D eigenvalue weighted by Gasteiger charge is -2.32. The van der Waals surface area contributed by atoms with E-state index in [-0.39, 0.29) is 0 Å². The third-order valence-corrected chi connectivity index (χ3v) is 4.03. The lowest BCUT2D eigenvalue weighted by molar-refractivity contribution is 0.444. The molecule has 1 aliphatic heterocycles. The van der Waals surface area contributed by atoms with Gasteiger partial charge in [-0.15, -0.1) is 0 Å². The second-order valence-electron chi connectivity index (χ2n) is 6.06.